The summed E-state index contributed by atoms with van der Waals surface area (Å²) < 4.78 is 17.0. The van der Waals surface area contributed by atoms with Gasteiger partial charge in [-0.1, -0.05) is 18.2 Å². The predicted octanol–water partition coefficient (Wildman–Crippen LogP) is 4.10. The SMILES string of the molecule is O=C(Nc1ccc2c(c1)OCC(=O)N2CCOc1ccccc1)c1ccc(Br)o1. The number of ether oxygens (including phenoxy) is 2. The highest BCUT2D eigenvalue weighted by molar-refractivity contribution is 9.10. The molecule has 0 bridgehead atoms. The minimum absolute atomic E-state index is 0.0686. The molecule has 0 fully saturated rings. The first kappa shape index (κ1) is 19.1. The van der Waals surface area contributed by atoms with Gasteiger partial charge >= 0.3 is 0 Å². The molecule has 8 heteroatoms. The highest BCUT2D eigenvalue weighted by atomic mass is 79.9. The minimum Gasteiger partial charge on any atom is -0.492 e. The molecule has 1 aliphatic rings. The van der Waals surface area contributed by atoms with Crippen molar-refractivity contribution in [2.45, 2.75) is 0 Å². The van der Waals surface area contributed by atoms with Gasteiger partial charge in [0, 0.05) is 11.8 Å². The van der Waals surface area contributed by atoms with Crippen LogP contribution < -0.4 is 19.7 Å². The summed E-state index contributed by atoms with van der Waals surface area (Å²) in [7, 11) is 0. The first-order valence-electron chi connectivity index (χ1n) is 8.92. The van der Waals surface area contributed by atoms with Gasteiger partial charge in [-0.25, -0.2) is 0 Å². The second-order valence-corrected chi connectivity index (χ2v) is 7.02. The number of halogens is 1. The number of anilines is 2. The Balaban J connectivity index is 1.44. The number of fused-ring (bicyclic) bond motifs is 1. The van der Waals surface area contributed by atoms with E-state index >= 15 is 0 Å². The van der Waals surface area contributed by atoms with E-state index in [2.05, 4.69) is 21.2 Å². The van der Waals surface area contributed by atoms with Crippen LogP contribution >= 0.6 is 15.9 Å². The Morgan fingerprint density at radius 1 is 1.14 bits per heavy atom. The lowest BCUT2D eigenvalue weighted by Gasteiger charge is -2.29. The molecule has 1 aliphatic heterocycles. The molecule has 0 saturated heterocycles. The van der Waals surface area contributed by atoms with Crippen LogP contribution in [0, 0.1) is 0 Å². The molecule has 2 aromatic carbocycles. The molecule has 0 saturated carbocycles. The van der Waals surface area contributed by atoms with E-state index in [4.69, 9.17) is 13.9 Å². The maximum Gasteiger partial charge on any atom is 0.291 e. The van der Waals surface area contributed by atoms with Crippen LogP contribution in [0.4, 0.5) is 11.4 Å². The Morgan fingerprint density at radius 3 is 2.72 bits per heavy atom. The Morgan fingerprint density at radius 2 is 1.97 bits per heavy atom. The van der Waals surface area contributed by atoms with Crippen molar-refractivity contribution in [1.82, 2.24) is 0 Å². The Kier molecular flexibility index (Phi) is 5.53. The molecule has 29 heavy (non-hydrogen) atoms. The van der Waals surface area contributed by atoms with Crippen molar-refractivity contribution in [1.29, 1.82) is 0 Å². The Hall–Kier alpha value is -3.26. The van der Waals surface area contributed by atoms with Gasteiger partial charge in [-0.3, -0.25) is 9.59 Å². The van der Waals surface area contributed by atoms with E-state index in [9.17, 15) is 9.59 Å². The number of benzene rings is 2. The largest absolute Gasteiger partial charge is 0.492 e. The molecule has 7 nitrogen and oxygen atoms in total. The standard InChI is InChI=1S/C21H17BrN2O5/c22-19-9-8-17(29-19)21(26)23-14-6-7-16-18(12-14)28-13-20(25)24(16)10-11-27-15-4-2-1-3-5-15/h1-9,12H,10-11,13H2,(H,23,26). The molecular weight excluding hydrogens is 440 g/mol. The lowest BCUT2D eigenvalue weighted by atomic mass is 10.2. The van der Waals surface area contributed by atoms with E-state index in [1.807, 2.05) is 30.3 Å². The highest BCUT2D eigenvalue weighted by Gasteiger charge is 2.26. The van der Waals surface area contributed by atoms with Gasteiger partial charge in [0.25, 0.3) is 11.8 Å². The van der Waals surface area contributed by atoms with Gasteiger partial charge in [-0.05, 0) is 52.3 Å². The van der Waals surface area contributed by atoms with Crippen LogP contribution in [0.5, 0.6) is 11.5 Å². The third-order valence-corrected chi connectivity index (χ3v) is 4.71. The van der Waals surface area contributed by atoms with Crippen LogP contribution in [0.1, 0.15) is 10.6 Å². The Labute approximate surface area is 175 Å². The number of nitrogens with one attached hydrogen (secondary N) is 1. The van der Waals surface area contributed by atoms with Gasteiger partial charge in [-0.15, -0.1) is 0 Å². The summed E-state index contributed by atoms with van der Waals surface area (Å²) in [5.74, 6) is 0.922. The molecule has 1 N–H and O–H groups in total. The monoisotopic (exact) mass is 456 g/mol. The predicted molar refractivity (Wildman–Crippen MR) is 111 cm³/mol. The molecule has 3 aromatic rings. The molecule has 0 atom stereocenters. The molecule has 0 aliphatic carbocycles. The zero-order valence-electron chi connectivity index (χ0n) is 15.3. The highest BCUT2D eigenvalue weighted by Crippen LogP contribution is 2.34. The van der Waals surface area contributed by atoms with Crippen LogP contribution in [0.15, 0.2) is 69.8 Å². The fraction of sp³-hybridized carbons (Fsp3) is 0.143. The van der Waals surface area contributed by atoms with Crippen molar-refractivity contribution >= 4 is 39.1 Å². The van der Waals surface area contributed by atoms with Gasteiger partial charge in [0.15, 0.2) is 17.0 Å². The maximum atomic E-state index is 12.3. The fourth-order valence-corrected chi connectivity index (χ4v) is 3.23. The van der Waals surface area contributed by atoms with Gasteiger partial charge in [-0.2, -0.15) is 0 Å². The molecule has 0 spiro atoms. The number of rotatable bonds is 6. The summed E-state index contributed by atoms with van der Waals surface area (Å²) >= 11 is 3.17. The average Bonchev–Trinajstić information content (AvgIpc) is 3.17. The fourth-order valence-electron chi connectivity index (χ4n) is 2.93. The van der Waals surface area contributed by atoms with E-state index in [0.717, 1.165) is 5.75 Å². The Bertz CT molecular complexity index is 1030. The third kappa shape index (κ3) is 4.43. The van der Waals surface area contributed by atoms with Crippen molar-refractivity contribution in [3.63, 3.8) is 0 Å². The summed E-state index contributed by atoms with van der Waals surface area (Å²) in [6.07, 6.45) is 0. The molecule has 0 radical (unpaired) electrons. The summed E-state index contributed by atoms with van der Waals surface area (Å²) in [6.45, 7) is 0.665. The topological polar surface area (TPSA) is 81.0 Å². The van der Waals surface area contributed by atoms with E-state index < -0.39 is 0 Å². The van der Waals surface area contributed by atoms with Crippen LogP contribution in [0.25, 0.3) is 0 Å². The molecular formula is C21H17BrN2O5. The maximum absolute atomic E-state index is 12.3. The molecule has 2 heterocycles. The van der Waals surface area contributed by atoms with Gasteiger partial charge in [0.05, 0.1) is 12.2 Å². The normalized spacial score (nSPS) is 12.9. The quantitative estimate of drug-likeness (QED) is 0.603. The average molecular weight is 457 g/mol. The van der Waals surface area contributed by atoms with Gasteiger partial charge < -0.3 is 24.1 Å². The first-order chi connectivity index (χ1) is 14.1. The summed E-state index contributed by atoms with van der Waals surface area (Å²) in [5, 5.41) is 2.75. The summed E-state index contributed by atoms with van der Waals surface area (Å²) in [6, 6.07) is 17.8. The van der Waals surface area contributed by atoms with Crippen LogP contribution in [-0.4, -0.2) is 31.6 Å². The van der Waals surface area contributed by atoms with Crippen LogP contribution in [-0.2, 0) is 4.79 Å². The summed E-state index contributed by atoms with van der Waals surface area (Å²) in [4.78, 5) is 26.2. The number of carbonyl (C=O) groups excluding carboxylic acids is 2. The number of hydrogen-bond acceptors (Lipinski definition) is 5. The van der Waals surface area contributed by atoms with Crippen molar-refractivity contribution in [3.05, 3.63) is 71.1 Å². The lowest BCUT2D eigenvalue weighted by molar-refractivity contribution is -0.121. The van der Waals surface area contributed by atoms with E-state index in [1.54, 1.807) is 35.2 Å². The molecule has 1 aromatic heterocycles. The number of hydrogen-bond donors (Lipinski definition) is 1. The van der Waals surface area contributed by atoms with E-state index in [1.165, 1.54) is 0 Å². The second kappa shape index (κ2) is 8.40. The molecule has 4 rings (SSSR count). The zero-order chi connectivity index (χ0) is 20.2. The van der Waals surface area contributed by atoms with Crippen LogP contribution in [0.3, 0.4) is 0 Å². The van der Waals surface area contributed by atoms with Crippen molar-refractivity contribution in [3.8, 4) is 11.5 Å². The first-order valence-corrected chi connectivity index (χ1v) is 9.71. The smallest absolute Gasteiger partial charge is 0.291 e. The molecule has 2 amide bonds. The number of nitrogens with zero attached hydrogens (tertiary/aromatic N) is 1. The number of carbonyl (C=O) groups is 2. The number of para-hydroxylation sites is 1. The number of amides is 2. The number of furan rings is 1. The third-order valence-electron chi connectivity index (χ3n) is 4.28. The van der Waals surface area contributed by atoms with Crippen LogP contribution in [0.2, 0.25) is 0 Å². The van der Waals surface area contributed by atoms with E-state index in [-0.39, 0.29) is 24.2 Å². The summed E-state index contributed by atoms with van der Waals surface area (Å²) in [5.41, 5.74) is 1.17. The molecule has 148 valence electrons. The second-order valence-electron chi connectivity index (χ2n) is 6.24. The lowest BCUT2D eigenvalue weighted by Crippen LogP contribution is -2.41. The van der Waals surface area contributed by atoms with Crippen molar-refractivity contribution in [2.24, 2.45) is 0 Å². The van der Waals surface area contributed by atoms with Crippen molar-refractivity contribution < 1.29 is 23.5 Å². The molecule has 0 unspecified atom stereocenters. The zero-order valence-corrected chi connectivity index (χ0v) is 16.8. The van der Waals surface area contributed by atoms with Gasteiger partial charge in [0.1, 0.15) is 18.1 Å². The van der Waals surface area contributed by atoms with E-state index in [0.29, 0.717) is 34.9 Å². The van der Waals surface area contributed by atoms with Gasteiger partial charge in [0.2, 0.25) is 0 Å². The minimum atomic E-state index is -0.379. The van der Waals surface area contributed by atoms with Crippen molar-refractivity contribution in [2.75, 3.05) is 30.0 Å².